The van der Waals surface area contributed by atoms with E-state index in [2.05, 4.69) is 37.2 Å². The topological polar surface area (TPSA) is 53.1 Å². The number of oxazole rings is 1. The first-order chi connectivity index (χ1) is 12.5. The van der Waals surface area contributed by atoms with Crippen molar-refractivity contribution in [3.05, 3.63) is 47.6 Å². The van der Waals surface area contributed by atoms with Crippen LogP contribution >= 0.6 is 11.8 Å². The molecule has 0 bridgehead atoms. The molecule has 0 unspecified atom stereocenters. The minimum Gasteiger partial charge on any atom is -0.497 e. The molecule has 138 valence electrons. The highest BCUT2D eigenvalue weighted by atomic mass is 32.2. The smallest absolute Gasteiger partial charge is 0.226 e. The van der Waals surface area contributed by atoms with Crippen LogP contribution in [0.1, 0.15) is 30.9 Å². The van der Waals surface area contributed by atoms with Crippen LogP contribution in [-0.2, 0) is 12.3 Å². The molecular formula is C20H25N3O2S. The van der Waals surface area contributed by atoms with Gasteiger partial charge in [-0.2, -0.15) is 0 Å². The lowest BCUT2D eigenvalue weighted by Crippen LogP contribution is -2.07. The molecule has 0 atom stereocenters. The van der Waals surface area contributed by atoms with Gasteiger partial charge in [-0.1, -0.05) is 25.6 Å². The van der Waals surface area contributed by atoms with Crippen molar-refractivity contribution in [2.75, 3.05) is 7.11 Å². The number of thioether (sulfide) groups is 1. The third-order valence-electron chi connectivity index (χ3n) is 4.21. The molecule has 0 fully saturated rings. The second kappa shape index (κ2) is 7.99. The average Bonchev–Trinajstić information content (AvgIpc) is 3.20. The highest BCUT2D eigenvalue weighted by molar-refractivity contribution is 7.98. The van der Waals surface area contributed by atoms with Crippen LogP contribution in [0.5, 0.6) is 5.75 Å². The zero-order valence-electron chi connectivity index (χ0n) is 15.9. The van der Waals surface area contributed by atoms with E-state index in [9.17, 15) is 0 Å². The van der Waals surface area contributed by atoms with Gasteiger partial charge in [0.05, 0.1) is 18.5 Å². The van der Waals surface area contributed by atoms with Crippen LogP contribution in [0.15, 0.2) is 40.1 Å². The number of rotatable bonds is 7. The lowest BCUT2D eigenvalue weighted by Gasteiger charge is -2.11. The van der Waals surface area contributed by atoms with Gasteiger partial charge in [-0.15, -0.1) is 0 Å². The van der Waals surface area contributed by atoms with E-state index in [4.69, 9.17) is 14.1 Å². The summed E-state index contributed by atoms with van der Waals surface area (Å²) in [6, 6.07) is 7.71. The van der Waals surface area contributed by atoms with Gasteiger partial charge in [0, 0.05) is 23.6 Å². The van der Waals surface area contributed by atoms with Crippen molar-refractivity contribution < 1.29 is 9.15 Å². The van der Waals surface area contributed by atoms with Crippen molar-refractivity contribution in [1.82, 2.24) is 14.5 Å². The Morgan fingerprint density at radius 3 is 2.54 bits per heavy atom. The molecule has 0 aliphatic rings. The first-order valence-corrected chi connectivity index (χ1v) is 9.72. The molecule has 0 N–H and O–H groups in total. The Morgan fingerprint density at radius 2 is 1.88 bits per heavy atom. The van der Waals surface area contributed by atoms with E-state index in [1.807, 2.05) is 24.3 Å². The average molecular weight is 372 g/mol. The van der Waals surface area contributed by atoms with Crippen LogP contribution < -0.4 is 4.74 Å². The predicted octanol–water partition coefficient (Wildman–Crippen LogP) is 5.11. The molecule has 0 saturated carbocycles. The number of ether oxygens (including phenoxy) is 1. The number of hydrogen-bond donors (Lipinski definition) is 0. The van der Waals surface area contributed by atoms with Crippen LogP contribution in [0.2, 0.25) is 0 Å². The van der Waals surface area contributed by atoms with Gasteiger partial charge >= 0.3 is 0 Å². The summed E-state index contributed by atoms with van der Waals surface area (Å²) in [7, 11) is 1.65. The Labute approximate surface area is 158 Å². The first-order valence-electron chi connectivity index (χ1n) is 8.73. The van der Waals surface area contributed by atoms with Crippen molar-refractivity contribution in [2.45, 2.75) is 45.1 Å². The van der Waals surface area contributed by atoms with Gasteiger partial charge in [0.15, 0.2) is 5.16 Å². The van der Waals surface area contributed by atoms with Crippen LogP contribution in [0, 0.1) is 19.8 Å². The first kappa shape index (κ1) is 18.6. The zero-order valence-corrected chi connectivity index (χ0v) is 16.8. The monoisotopic (exact) mass is 371 g/mol. The molecule has 0 aliphatic heterocycles. The van der Waals surface area contributed by atoms with E-state index in [1.165, 1.54) is 5.69 Å². The summed E-state index contributed by atoms with van der Waals surface area (Å²) >= 11 is 1.70. The van der Waals surface area contributed by atoms with Crippen LogP contribution in [0.3, 0.4) is 0 Å². The third-order valence-corrected chi connectivity index (χ3v) is 5.22. The number of imidazole rings is 1. The molecule has 0 amide bonds. The summed E-state index contributed by atoms with van der Waals surface area (Å²) in [5.74, 6) is 2.75. The van der Waals surface area contributed by atoms with Gasteiger partial charge in [-0.3, -0.25) is 0 Å². The van der Waals surface area contributed by atoms with E-state index in [-0.39, 0.29) is 0 Å². The summed E-state index contributed by atoms with van der Waals surface area (Å²) in [6.45, 7) is 9.62. The van der Waals surface area contributed by atoms with Crippen molar-refractivity contribution in [1.29, 1.82) is 0 Å². The van der Waals surface area contributed by atoms with Crippen molar-refractivity contribution >= 4 is 11.8 Å². The fourth-order valence-corrected chi connectivity index (χ4v) is 3.67. The quantitative estimate of drug-likeness (QED) is 0.540. The molecule has 2 aromatic heterocycles. The molecule has 0 radical (unpaired) electrons. The van der Waals surface area contributed by atoms with Crippen LogP contribution in [-0.4, -0.2) is 21.6 Å². The number of benzene rings is 1. The lowest BCUT2D eigenvalue weighted by molar-refractivity contribution is 0.415. The molecule has 26 heavy (non-hydrogen) atoms. The van der Waals surface area contributed by atoms with Gasteiger partial charge in [-0.25, -0.2) is 9.97 Å². The second-order valence-corrected chi connectivity index (χ2v) is 7.67. The summed E-state index contributed by atoms with van der Waals surface area (Å²) in [6.07, 6.45) is 1.72. The molecule has 5 nitrogen and oxygen atoms in total. The van der Waals surface area contributed by atoms with E-state index < -0.39 is 0 Å². The normalized spacial score (nSPS) is 11.3. The number of nitrogens with zero attached hydrogens (tertiary/aromatic N) is 3. The van der Waals surface area contributed by atoms with E-state index >= 15 is 0 Å². The largest absolute Gasteiger partial charge is 0.497 e. The second-order valence-electron chi connectivity index (χ2n) is 6.73. The van der Waals surface area contributed by atoms with Gasteiger partial charge in [0.25, 0.3) is 0 Å². The Balaban J connectivity index is 1.71. The molecular weight excluding hydrogens is 346 g/mol. The minimum absolute atomic E-state index is 0.579. The fourth-order valence-electron chi connectivity index (χ4n) is 2.69. The highest BCUT2D eigenvalue weighted by Crippen LogP contribution is 2.27. The molecule has 0 aliphatic carbocycles. The predicted molar refractivity (Wildman–Crippen MR) is 105 cm³/mol. The lowest BCUT2D eigenvalue weighted by atomic mass is 10.2. The number of aromatic nitrogens is 3. The summed E-state index contributed by atoms with van der Waals surface area (Å²) in [4.78, 5) is 9.32. The third kappa shape index (κ3) is 4.12. The Bertz CT molecular complexity index is 866. The molecule has 6 heteroatoms. The van der Waals surface area contributed by atoms with E-state index in [0.717, 1.165) is 40.2 Å². The van der Waals surface area contributed by atoms with E-state index in [1.54, 1.807) is 25.1 Å². The van der Waals surface area contributed by atoms with Crippen LogP contribution in [0.4, 0.5) is 0 Å². The van der Waals surface area contributed by atoms with Gasteiger partial charge in [-0.05, 0) is 44.0 Å². The summed E-state index contributed by atoms with van der Waals surface area (Å²) in [5, 5.41) is 1.04. The SMILES string of the molecule is COc1ccc(-c2nc(CSc3nc(C)c(C)n3CC(C)C)co2)cc1. The maximum absolute atomic E-state index is 5.64. The van der Waals surface area contributed by atoms with Crippen LogP contribution in [0.25, 0.3) is 11.5 Å². The van der Waals surface area contributed by atoms with Gasteiger partial charge < -0.3 is 13.7 Å². The number of aryl methyl sites for hydroxylation is 1. The van der Waals surface area contributed by atoms with Gasteiger partial charge in [0.1, 0.15) is 12.0 Å². The Morgan fingerprint density at radius 1 is 1.15 bits per heavy atom. The Hall–Kier alpha value is -2.21. The Kier molecular flexibility index (Phi) is 5.71. The number of methoxy groups -OCH3 is 1. The molecule has 3 rings (SSSR count). The molecule has 0 spiro atoms. The van der Waals surface area contributed by atoms with Gasteiger partial charge in [0.2, 0.25) is 5.89 Å². The highest BCUT2D eigenvalue weighted by Gasteiger charge is 2.14. The number of hydrogen-bond acceptors (Lipinski definition) is 5. The van der Waals surface area contributed by atoms with Crippen molar-refractivity contribution in [2.24, 2.45) is 5.92 Å². The fraction of sp³-hybridized carbons (Fsp3) is 0.400. The summed E-state index contributed by atoms with van der Waals surface area (Å²) in [5.41, 5.74) is 4.18. The maximum atomic E-state index is 5.64. The minimum atomic E-state index is 0.579. The van der Waals surface area contributed by atoms with Crippen molar-refractivity contribution in [3.8, 4) is 17.2 Å². The van der Waals surface area contributed by atoms with Crippen molar-refractivity contribution in [3.63, 3.8) is 0 Å². The molecule has 2 heterocycles. The zero-order chi connectivity index (χ0) is 18.7. The molecule has 3 aromatic rings. The molecule has 0 saturated heterocycles. The summed E-state index contributed by atoms with van der Waals surface area (Å²) < 4.78 is 13.1. The maximum Gasteiger partial charge on any atom is 0.226 e. The standard InChI is InChI=1S/C20H25N3O2S/c1-13(2)10-23-15(4)14(3)21-20(23)26-12-17-11-25-19(22-17)16-6-8-18(24-5)9-7-16/h6-9,11,13H,10,12H2,1-5H3. The molecule has 1 aromatic carbocycles. The van der Waals surface area contributed by atoms with E-state index in [0.29, 0.717) is 11.8 Å².